The summed E-state index contributed by atoms with van der Waals surface area (Å²) >= 11 is 1.66. The van der Waals surface area contributed by atoms with Crippen LogP contribution >= 0.6 is 11.3 Å². The van der Waals surface area contributed by atoms with Crippen LogP contribution < -0.4 is 21.5 Å². The standard InChI is InChI=1S/C23H29N3O3S/c1-4-17(11-16-9-10-30-14-16)25-21-20(22(28)23(21)29)24-13-18(26(2)3)12-15-5-7-19(27)8-6-15/h5-10,14,17-18,24-25,27H,4,11-13H2,1-3H3. The monoisotopic (exact) mass is 427 g/mol. The third kappa shape index (κ3) is 5.29. The second kappa shape index (κ2) is 9.91. The lowest BCUT2D eigenvalue weighted by molar-refractivity contribution is 0.303. The fourth-order valence-corrected chi connectivity index (χ4v) is 4.14. The van der Waals surface area contributed by atoms with Gasteiger partial charge in [-0.1, -0.05) is 19.1 Å². The lowest BCUT2D eigenvalue weighted by Gasteiger charge is -2.27. The van der Waals surface area contributed by atoms with Crippen LogP contribution in [0.1, 0.15) is 24.5 Å². The summed E-state index contributed by atoms with van der Waals surface area (Å²) in [5.74, 6) is 0.241. The number of aromatic hydroxyl groups is 1. The van der Waals surface area contributed by atoms with Gasteiger partial charge in [-0.2, -0.15) is 11.3 Å². The number of hydrogen-bond acceptors (Lipinski definition) is 7. The highest BCUT2D eigenvalue weighted by atomic mass is 32.1. The summed E-state index contributed by atoms with van der Waals surface area (Å²) in [6, 6.07) is 9.45. The first-order valence-corrected chi connectivity index (χ1v) is 11.1. The maximum atomic E-state index is 12.2. The van der Waals surface area contributed by atoms with Crippen LogP contribution in [-0.4, -0.2) is 42.7 Å². The highest BCUT2D eigenvalue weighted by Crippen LogP contribution is 2.20. The van der Waals surface area contributed by atoms with E-state index in [4.69, 9.17) is 0 Å². The van der Waals surface area contributed by atoms with Crippen LogP contribution in [-0.2, 0) is 12.8 Å². The third-order valence-corrected chi connectivity index (χ3v) is 6.20. The number of rotatable bonds is 11. The van der Waals surface area contributed by atoms with E-state index in [0.717, 1.165) is 24.8 Å². The number of benzene rings is 1. The number of anilines is 2. The Labute approximate surface area is 180 Å². The van der Waals surface area contributed by atoms with E-state index in [0.29, 0.717) is 17.9 Å². The Morgan fingerprint density at radius 2 is 1.70 bits per heavy atom. The molecule has 6 nitrogen and oxygen atoms in total. The molecule has 0 bridgehead atoms. The zero-order chi connectivity index (χ0) is 21.7. The Balaban J connectivity index is 1.65. The highest BCUT2D eigenvalue weighted by molar-refractivity contribution is 7.07. The van der Waals surface area contributed by atoms with Crippen molar-refractivity contribution < 1.29 is 5.11 Å². The van der Waals surface area contributed by atoms with Crippen LogP contribution in [0.5, 0.6) is 5.75 Å². The molecule has 0 radical (unpaired) electrons. The molecule has 1 heterocycles. The molecule has 3 aromatic rings. The fourth-order valence-electron chi connectivity index (χ4n) is 3.45. The Morgan fingerprint density at radius 1 is 1.00 bits per heavy atom. The first-order valence-electron chi connectivity index (χ1n) is 10.2. The topological polar surface area (TPSA) is 81.7 Å². The van der Waals surface area contributed by atoms with Gasteiger partial charge in [-0.05, 0) is 73.4 Å². The van der Waals surface area contributed by atoms with Crippen molar-refractivity contribution in [3.05, 3.63) is 72.7 Å². The Bertz CT molecular complexity index is 1010. The van der Waals surface area contributed by atoms with Gasteiger partial charge in [0.2, 0.25) is 0 Å². The molecule has 7 heteroatoms. The molecule has 1 aromatic heterocycles. The summed E-state index contributed by atoms with van der Waals surface area (Å²) in [5, 5.41) is 20.1. The zero-order valence-corrected chi connectivity index (χ0v) is 18.5. The number of likely N-dealkylation sites (N-methyl/N-ethyl adjacent to an activating group) is 1. The van der Waals surface area contributed by atoms with Gasteiger partial charge in [0.15, 0.2) is 0 Å². The zero-order valence-electron chi connectivity index (χ0n) is 17.6. The van der Waals surface area contributed by atoms with Crippen molar-refractivity contribution in [2.24, 2.45) is 0 Å². The van der Waals surface area contributed by atoms with Crippen molar-refractivity contribution in [1.82, 2.24) is 4.90 Å². The maximum absolute atomic E-state index is 12.2. The fraction of sp³-hybridized carbons (Fsp3) is 0.391. The van der Waals surface area contributed by atoms with Gasteiger partial charge in [-0.3, -0.25) is 9.59 Å². The second-order valence-electron chi connectivity index (χ2n) is 7.86. The highest BCUT2D eigenvalue weighted by Gasteiger charge is 2.24. The predicted octanol–water partition coefficient (Wildman–Crippen LogP) is 3.07. The van der Waals surface area contributed by atoms with E-state index in [1.54, 1.807) is 23.5 Å². The quantitative estimate of drug-likeness (QED) is 0.408. The van der Waals surface area contributed by atoms with E-state index in [9.17, 15) is 14.7 Å². The Hall–Kier alpha value is -2.64. The maximum Gasteiger partial charge on any atom is 0.253 e. The van der Waals surface area contributed by atoms with Gasteiger partial charge >= 0.3 is 0 Å². The lowest BCUT2D eigenvalue weighted by Crippen LogP contribution is -2.43. The van der Waals surface area contributed by atoms with Crippen molar-refractivity contribution in [3.8, 4) is 5.75 Å². The van der Waals surface area contributed by atoms with E-state index in [1.807, 2.05) is 31.6 Å². The molecule has 30 heavy (non-hydrogen) atoms. The molecule has 0 saturated carbocycles. The number of nitrogens with one attached hydrogen (secondary N) is 2. The van der Waals surface area contributed by atoms with Crippen LogP contribution in [0, 0.1) is 0 Å². The number of nitrogens with zero attached hydrogens (tertiary/aromatic N) is 1. The van der Waals surface area contributed by atoms with Gasteiger partial charge in [0.1, 0.15) is 17.1 Å². The summed E-state index contributed by atoms with van der Waals surface area (Å²) in [6.07, 6.45) is 2.43. The minimum absolute atomic E-state index is 0.102. The number of phenols is 1. The van der Waals surface area contributed by atoms with Gasteiger partial charge in [0.25, 0.3) is 10.9 Å². The van der Waals surface area contributed by atoms with Crippen LogP contribution in [0.25, 0.3) is 0 Å². The molecule has 3 N–H and O–H groups in total. The summed E-state index contributed by atoms with van der Waals surface area (Å²) in [5.41, 5.74) is 2.23. The third-order valence-electron chi connectivity index (χ3n) is 5.47. The minimum Gasteiger partial charge on any atom is -0.508 e. The molecular weight excluding hydrogens is 398 g/mol. The van der Waals surface area contributed by atoms with Crippen LogP contribution in [0.15, 0.2) is 50.7 Å². The molecule has 3 rings (SSSR count). The van der Waals surface area contributed by atoms with Gasteiger partial charge in [-0.25, -0.2) is 0 Å². The van der Waals surface area contributed by atoms with Crippen LogP contribution in [0.3, 0.4) is 0 Å². The van der Waals surface area contributed by atoms with Crippen molar-refractivity contribution >= 4 is 22.7 Å². The average Bonchev–Trinajstić information content (AvgIpc) is 3.25. The minimum atomic E-state index is -0.454. The summed E-state index contributed by atoms with van der Waals surface area (Å²) in [7, 11) is 3.98. The van der Waals surface area contributed by atoms with Gasteiger partial charge < -0.3 is 20.6 Å². The molecule has 0 aliphatic rings. The normalized spacial score (nSPS) is 13.5. The van der Waals surface area contributed by atoms with E-state index in [1.165, 1.54) is 5.56 Å². The van der Waals surface area contributed by atoms with Crippen molar-refractivity contribution in [2.75, 3.05) is 31.3 Å². The SMILES string of the molecule is CCC(Cc1ccsc1)Nc1c(NCC(Cc2ccc(O)cc2)N(C)C)c(=O)c1=O. The summed E-state index contributed by atoms with van der Waals surface area (Å²) < 4.78 is 0. The van der Waals surface area contributed by atoms with Crippen molar-refractivity contribution in [3.63, 3.8) is 0 Å². The van der Waals surface area contributed by atoms with Crippen LogP contribution in [0.2, 0.25) is 0 Å². The van der Waals surface area contributed by atoms with Gasteiger partial charge in [0.05, 0.1) is 0 Å². The average molecular weight is 428 g/mol. The second-order valence-corrected chi connectivity index (χ2v) is 8.64. The first kappa shape index (κ1) is 22.1. The van der Waals surface area contributed by atoms with E-state index < -0.39 is 10.9 Å². The molecule has 0 saturated heterocycles. The van der Waals surface area contributed by atoms with Crippen molar-refractivity contribution in [1.29, 1.82) is 0 Å². The lowest BCUT2D eigenvalue weighted by atomic mass is 10.0. The Kier molecular flexibility index (Phi) is 7.29. The van der Waals surface area contributed by atoms with Gasteiger partial charge in [-0.15, -0.1) is 0 Å². The molecule has 0 amide bonds. The molecule has 2 unspecified atom stereocenters. The molecule has 0 fully saturated rings. The molecular formula is C23H29N3O3S. The number of thiophene rings is 1. The molecule has 0 aliphatic carbocycles. The van der Waals surface area contributed by atoms with E-state index in [-0.39, 0.29) is 17.8 Å². The number of hydrogen-bond donors (Lipinski definition) is 3. The van der Waals surface area contributed by atoms with Gasteiger partial charge in [0, 0.05) is 18.6 Å². The van der Waals surface area contributed by atoms with E-state index >= 15 is 0 Å². The molecule has 2 aromatic carbocycles. The molecule has 0 spiro atoms. The number of phenolic OH excluding ortho intramolecular Hbond substituents is 1. The largest absolute Gasteiger partial charge is 0.508 e. The summed E-state index contributed by atoms with van der Waals surface area (Å²) in [4.78, 5) is 26.5. The van der Waals surface area contributed by atoms with E-state index in [2.05, 4.69) is 33.9 Å². The predicted molar refractivity (Wildman–Crippen MR) is 125 cm³/mol. The molecule has 0 aliphatic heterocycles. The smallest absolute Gasteiger partial charge is 0.253 e. The Morgan fingerprint density at radius 3 is 2.30 bits per heavy atom. The van der Waals surface area contributed by atoms with Crippen LogP contribution in [0.4, 0.5) is 11.4 Å². The molecule has 160 valence electrons. The molecule has 2 atom stereocenters. The summed E-state index contributed by atoms with van der Waals surface area (Å²) in [6.45, 7) is 2.61. The van der Waals surface area contributed by atoms with Crippen molar-refractivity contribution in [2.45, 2.75) is 38.3 Å². The first-order chi connectivity index (χ1) is 14.4.